The van der Waals surface area contributed by atoms with Gasteiger partial charge in [-0.2, -0.15) is 5.10 Å². The predicted octanol–water partition coefficient (Wildman–Crippen LogP) is 2.81. The molecule has 0 spiro atoms. The maximum atomic E-state index is 13.7. The highest BCUT2D eigenvalue weighted by molar-refractivity contribution is 6.01. The van der Waals surface area contributed by atoms with Gasteiger partial charge in [0.1, 0.15) is 17.3 Å². The van der Waals surface area contributed by atoms with Crippen molar-refractivity contribution in [2.45, 2.75) is 32.6 Å². The molecule has 0 aliphatic carbocycles. The predicted molar refractivity (Wildman–Crippen MR) is 108 cm³/mol. The molecule has 1 atom stereocenters. The van der Waals surface area contributed by atoms with Crippen molar-refractivity contribution >= 4 is 11.7 Å². The maximum absolute atomic E-state index is 13.7. The van der Waals surface area contributed by atoms with Crippen LogP contribution in [0.2, 0.25) is 0 Å². The summed E-state index contributed by atoms with van der Waals surface area (Å²) in [6, 6.07) is 5.03. The molecule has 154 valence electrons. The van der Waals surface area contributed by atoms with E-state index in [1.165, 1.54) is 6.07 Å². The topological polar surface area (TPSA) is 101 Å². The lowest BCUT2D eigenvalue weighted by atomic mass is 9.90. The Kier molecular flexibility index (Phi) is 5.65. The SMILES string of the molecule is Cc1ncc(CCC(=O)C2CCc3[nH]nc(-c4ccncc4)c3C(=O)NC2)cc1F. The third kappa shape index (κ3) is 4.12. The summed E-state index contributed by atoms with van der Waals surface area (Å²) < 4.78 is 13.7. The highest BCUT2D eigenvalue weighted by atomic mass is 19.1. The fraction of sp³-hybridized carbons (Fsp3) is 0.318. The van der Waals surface area contributed by atoms with Crippen LogP contribution in [-0.2, 0) is 17.6 Å². The number of hydrogen-bond donors (Lipinski definition) is 2. The molecule has 1 amide bonds. The second-order valence-corrected chi connectivity index (χ2v) is 7.48. The zero-order valence-corrected chi connectivity index (χ0v) is 16.6. The standard InChI is InChI=1S/C22H22FN5O2/c1-13-17(23)10-14(11-25-13)2-5-19(29)16-3-4-18-20(22(30)26-12-16)21(28-27-18)15-6-8-24-9-7-15/h6-11,16H,2-5,12H2,1H3,(H,26,30)(H,27,28). The van der Waals surface area contributed by atoms with E-state index >= 15 is 0 Å². The van der Waals surface area contributed by atoms with Crippen molar-refractivity contribution in [2.24, 2.45) is 5.92 Å². The number of fused-ring (bicyclic) bond motifs is 1. The number of pyridine rings is 2. The van der Waals surface area contributed by atoms with Crippen molar-refractivity contribution < 1.29 is 14.0 Å². The Morgan fingerprint density at radius 1 is 1.30 bits per heavy atom. The lowest BCUT2D eigenvalue weighted by Gasteiger charge is -2.20. The number of aryl methyl sites for hydroxylation is 3. The summed E-state index contributed by atoms with van der Waals surface area (Å²) in [5.41, 5.74) is 3.68. The summed E-state index contributed by atoms with van der Waals surface area (Å²) in [6.45, 7) is 1.88. The third-order valence-electron chi connectivity index (χ3n) is 5.47. The van der Waals surface area contributed by atoms with Gasteiger partial charge in [-0.25, -0.2) is 4.39 Å². The van der Waals surface area contributed by atoms with Crippen LogP contribution in [0.4, 0.5) is 4.39 Å². The van der Waals surface area contributed by atoms with Crippen molar-refractivity contribution in [2.75, 3.05) is 6.54 Å². The molecule has 1 unspecified atom stereocenters. The van der Waals surface area contributed by atoms with Gasteiger partial charge >= 0.3 is 0 Å². The molecule has 0 saturated carbocycles. The van der Waals surface area contributed by atoms with Crippen molar-refractivity contribution in [1.82, 2.24) is 25.5 Å². The Balaban J connectivity index is 1.44. The smallest absolute Gasteiger partial charge is 0.255 e. The van der Waals surface area contributed by atoms with Crippen LogP contribution in [0.5, 0.6) is 0 Å². The van der Waals surface area contributed by atoms with Gasteiger partial charge in [-0.15, -0.1) is 0 Å². The number of halogens is 1. The molecule has 1 aliphatic rings. The van der Waals surface area contributed by atoms with Crippen LogP contribution in [0.25, 0.3) is 11.3 Å². The Bertz CT molecular complexity index is 1080. The number of ketones is 1. The number of aromatic nitrogens is 4. The van der Waals surface area contributed by atoms with Crippen LogP contribution in [0.3, 0.4) is 0 Å². The summed E-state index contributed by atoms with van der Waals surface area (Å²) in [7, 11) is 0. The van der Waals surface area contributed by atoms with Crippen LogP contribution in [-0.4, -0.2) is 38.4 Å². The molecule has 4 rings (SSSR count). The van der Waals surface area contributed by atoms with Gasteiger partial charge in [0.25, 0.3) is 5.91 Å². The number of H-pyrrole nitrogens is 1. The molecule has 7 nitrogen and oxygen atoms in total. The van der Waals surface area contributed by atoms with E-state index < -0.39 is 0 Å². The summed E-state index contributed by atoms with van der Waals surface area (Å²) in [4.78, 5) is 33.5. The minimum Gasteiger partial charge on any atom is -0.351 e. The lowest BCUT2D eigenvalue weighted by molar-refractivity contribution is -0.122. The molecule has 8 heteroatoms. The fourth-order valence-corrected chi connectivity index (χ4v) is 3.68. The van der Waals surface area contributed by atoms with Gasteiger partial charge in [-0.1, -0.05) is 0 Å². The van der Waals surface area contributed by atoms with Crippen LogP contribution in [0.1, 0.15) is 40.2 Å². The first-order valence-electron chi connectivity index (χ1n) is 9.92. The first-order valence-corrected chi connectivity index (χ1v) is 9.92. The summed E-state index contributed by atoms with van der Waals surface area (Å²) in [5.74, 6) is -0.852. The zero-order chi connectivity index (χ0) is 21.1. The number of carbonyl (C=O) groups is 2. The maximum Gasteiger partial charge on any atom is 0.255 e. The Hall–Kier alpha value is -3.42. The summed E-state index contributed by atoms with van der Waals surface area (Å²) >= 11 is 0. The number of amides is 1. The third-order valence-corrected chi connectivity index (χ3v) is 5.47. The van der Waals surface area contributed by atoms with E-state index in [2.05, 4.69) is 25.5 Å². The Morgan fingerprint density at radius 2 is 2.10 bits per heavy atom. The van der Waals surface area contributed by atoms with E-state index in [0.29, 0.717) is 41.8 Å². The second-order valence-electron chi connectivity index (χ2n) is 7.48. The molecule has 0 aromatic carbocycles. The van der Waals surface area contributed by atoms with E-state index in [-0.39, 0.29) is 36.4 Å². The number of carbonyl (C=O) groups excluding carboxylic acids is 2. The minimum absolute atomic E-state index is 0.0496. The number of aromatic amines is 1. The van der Waals surface area contributed by atoms with Gasteiger partial charge < -0.3 is 5.32 Å². The molecule has 3 aromatic heterocycles. The first kappa shape index (κ1) is 19.9. The van der Waals surface area contributed by atoms with Crippen molar-refractivity contribution in [3.8, 4) is 11.3 Å². The normalized spacial score (nSPS) is 16.3. The highest BCUT2D eigenvalue weighted by Crippen LogP contribution is 2.26. The number of nitrogens with one attached hydrogen (secondary N) is 2. The molecule has 3 aromatic rings. The Labute approximate surface area is 173 Å². The summed E-state index contributed by atoms with van der Waals surface area (Å²) in [5, 5.41) is 10.2. The number of Topliss-reactive ketones (excluding diaryl/α,β-unsaturated/α-hetero) is 1. The van der Waals surface area contributed by atoms with Gasteiger partial charge in [0, 0.05) is 48.7 Å². The van der Waals surface area contributed by atoms with Gasteiger partial charge in [0.2, 0.25) is 0 Å². The average molecular weight is 407 g/mol. The molecule has 4 heterocycles. The molecule has 0 fully saturated rings. The molecule has 0 saturated heterocycles. The van der Waals surface area contributed by atoms with Crippen LogP contribution in [0.15, 0.2) is 36.8 Å². The van der Waals surface area contributed by atoms with Crippen molar-refractivity contribution in [3.63, 3.8) is 0 Å². The molecule has 0 radical (unpaired) electrons. The minimum atomic E-state index is -0.366. The second kappa shape index (κ2) is 8.52. The average Bonchev–Trinajstić information content (AvgIpc) is 3.17. The van der Waals surface area contributed by atoms with Gasteiger partial charge in [0.15, 0.2) is 0 Å². The van der Waals surface area contributed by atoms with E-state index in [4.69, 9.17) is 0 Å². The van der Waals surface area contributed by atoms with E-state index in [1.807, 2.05) is 0 Å². The van der Waals surface area contributed by atoms with E-state index in [1.54, 1.807) is 37.6 Å². The van der Waals surface area contributed by atoms with Crippen LogP contribution in [0, 0.1) is 18.7 Å². The largest absolute Gasteiger partial charge is 0.351 e. The molecular formula is C22H22FN5O2. The molecule has 30 heavy (non-hydrogen) atoms. The number of rotatable bonds is 5. The van der Waals surface area contributed by atoms with Gasteiger partial charge in [-0.05, 0) is 49.9 Å². The lowest BCUT2D eigenvalue weighted by Crippen LogP contribution is -2.35. The fourth-order valence-electron chi connectivity index (χ4n) is 3.68. The monoisotopic (exact) mass is 407 g/mol. The summed E-state index contributed by atoms with van der Waals surface area (Å²) in [6.07, 6.45) is 6.77. The number of hydrogen-bond acceptors (Lipinski definition) is 5. The molecular weight excluding hydrogens is 385 g/mol. The van der Waals surface area contributed by atoms with Gasteiger partial charge in [-0.3, -0.25) is 24.7 Å². The Morgan fingerprint density at radius 3 is 2.87 bits per heavy atom. The molecule has 2 N–H and O–H groups in total. The van der Waals surface area contributed by atoms with Crippen molar-refractivity contribution in [1.29, 1.82) is 0 Å². The van der Waals surface area contributed by atoms with Crippen LogP contribution >= 0.6 is 0 Å². The number of nitrogens with zero attached hydrogens (tertiary/aromatic N) is 3. The van der Waals surface area contributed by atoms with E-state index in [0.717, 1.165) is 11.3 Å². The molecule has 0 bridgehead atoms. The highest BCUT2D eigenvalue weighted by Gasteiger charge is 2.28. The first-order chi connectivity index (χ1) is 14.5. The van der Waals surface area contributed by atoms with E-state index in [9.17, 15) is 14.0 Å². The molecule has 1 aliphatic heterocycles. The van der Waals surface area contributed by atoms with Crippen LogP contribution < -0.4 is 5.32 Å². The zero-order valence-electron chi connectivity index (χ0n) is 16.6. The quantitative estimate of drug-likeness (QED) is 0.677. The van der Waals surface area contributed by atoms with Crippen molar-refractivity contribution in [3.05, 3.63) is 65.1 Å². The van der Waals surface area contributed by atoms with Gasteiger partial charge in [0.05, 0.1) is 11.3 Å².